The van der Waals surface area contributed by atoms with Crippen LogP contribution in [0.3, 0.4) is 0 Å². The van der Waals surface area contributed by atoms with Gasteiger partial charge in [-0.3, -0.25) is 9.97 Å². The van der Waals surface area contributed by atoms with Crippen molar-refractivity contribution >= 4 is 11.4 Å². The van der Waals surface area contributed by atoms with E-state index in [1.54, 1.807) is 0 Å². The topological polar surface area (TPSA) is 69.0 Å². The van der Waals surface area contributed by atoms with Gasteiger partial charge in [0.25, 0.3) is 0 Å². The van der Waals surface area contributed by atoms with Crippen LogP contribution in [-0.4, -0.2) is 34.6 Å². The van der Waals surface area contributed by atoms with Crippen molar-refractivity contribution in [2.24, 2.45) is 15.7 Å². The Morgan fingerprint density at radius 3 is 2.09 bits per heavy atom. The third kappa shape index (κ3) is 5.16. The van der Waals surface area contributed by atoms with Gasteiger partial charge < -0.3 is 9.68 Å². The van der Waals surface area contributed by atoms with Gasteiger partial charge in [-0.1, -0.05) is 36.3 Å². The Hall–Kier alpha value is -2.76. The predicted octanol–water partition coefficient (Wildman–Crippen LogP) is 5.50. The van der Waals surface area contributed by atoms with Crippen molar-refractivity contribution in [2.45, 2.75) is 85.0 Å². The molecule has 0 fully saturated rings. The summed E-state index contributed by atoms with van der Waals surface area (Å²) in [6.07, 6.45) is 10.9. The van der Waals surface area contributed by atoms with Crippen LogP contribution in [-0.2, 0) is 35.4 Å². The maximum atomic E-state index is 5.86. The smallest absolute Gasteiger partial charge is 0.125 e. The van der Waals surface area contributed by atoms with Gasteiger partial charge in [0.05, 0.1) is 11.4 Å². The Morgan fingerprint density at radius 1 is 0.735 bits per heavy atom. The Labute approximate surface area is 202 Å². The lowest BCUT2D eigenvalue weighted by molar-refractivity contribution is -0.000312. The Balaban J connectivity index is 1.20. The second-order valence-electron chi connectivity index (χ2n) is 10.8. The van der Waals surface area contributed by atoms with Crippen molar-refractivity contribution in [1.82, 2.24) is 9.97 Å². The number of hydrogen-bond acceptors (Lipinski definition) is 6. The third-order valence-corrected chi connectivity index (χ3v) is 7.02. The van der Waals surface area contributed by atoms with Crippen LogP contribution in [0.15, 0.2) is 28.5 Å². The molecule has 6 nitrogen and oxygen atoms in total. The summed E-state index contributed by atoms with van der Waals surface area (Å²) in [6, 6.07) is 6.61. The molecule has 0 bridgehead atoms. The van der Waals surface area contributed by atoms with E-state index in [-0.39, 0.29) is 5.41 Å². The standard InChI is InChI=1S/C28H36N4O2/c1-19-14-15-20-9-6-12-24(26(20)29-19)31-33-17-28(2,3)18-34-32-25-13-7-10-22-16-21-8-4-5-11-23(21)30-27(22)25/h14-16H,4-13,17-18H2,1-3H3/b31-24+,32-25+. The highest BCUT2D eigenvalue weighted by Gasteiger charge is 2.24. The maximum absolute atomic E-state index is 5.86. The van der Waals surface area contributed by atoms with E-state index in [1.807, 2.05) is 6.92 Å². The van der Waals surface area contributed by atoms with E-state index < -0.39 is 0 Å². The maximum Gasteiger partial charge on any atom is 0.125 e. The fourth-order valence-electron chi connectivity index (χ4n) is 5.08. The van der Waals surface area contributed by atoms with Gasteiger partial charge in [-0.15, -0.1) is 0 Å². The minimum atomic E-state index is -0.216. The molecule has 180 valence electrons. The number of aryl methyl sites for hydroxylation is 5. The molecular weight excluding hydrogens is 424 g/mol. The van der Waals surface area contributed by atoms with Gasteiger partial charge in [-0.25, -0.2) is 0 Å². The average molecular weight is 461 g/mol. The van der Waals surface area contributed by atoms with Gasteiger partial charge in [0.1, 0.15) is 24.6 Å². The molecular formula is C28H36N4O2. The van der Waals surface area contributed by atoms with Crippen LogP contribution in [0.1, 0.15) is 91.8 Å². The monoisotopic (exact) mass is 460 g/mol. The highest BCUT2D eigenvalue weighted by Crippen LogP contribution is 2.28. The molecule has 0 saturated heterocycles. The first-order chi connectivity index (χ1) is 16.5. The zero-order chi connectivity index (χ0) is 23.5. The highest BCUT2D eigenvalue weighted by molar-refractivity contribution is 6.01. The lowest BCUT2D eigenvalue weighted by Gasteiger charge is -2.24. The molecule has 0 amide bonds. The first-order valence-electron chi connectivity index (χ1n) is 12.9. The first-order valence-corrected chi connectivity index (χ1v) is 12.9. The summed E-state index contributed by atoms with van der Waals surface area (Å²) in [5.41, 5.74) is 10.1. The molecule has 0 unspecified atom stereocenters. The molecule has 3 aliphatic rings. The minimum absolute atomic E-state index is 0.216. The van der Waals surface area contributed by atoms with E-state index in [2.05, 4.69) is 42.4 Å². The largest absolute Gasteiger partial charge is 0.395 e. The highest BCUT2D eigenvalue weighted by atomic mass is 16.6. The first kappa shape index (κ1) is 23.0. The van der Waals surface area contributed by atoms with E-state index in [0.717, 1.165) is 79.9 Å². The van der Waals surface area contributed by atoms with Crippen LogP contribution in [0.2, 0.25) is 0 Å². The normalized spacial score (nSPS) is 20.0. The second-order valence-corrected chi connectivity index (χ2v) is 10.8. The number of fused-ring (bicyclic) bond motifs is 3. The molecule has 0 aliphatic heterocycles. The van der Waals surface area contributed by atoms with Crippen LogP contribution < -0.4 is 0 Å². The van der Waals surface area contributed by atoms with Crippen LogP contribution in [0.5, 0.6) is 0 Å². The van der Waals surface area contributed by atoms with Crippen molar-refractivity contribution < 1.29 is 9.68 Å². The summed E-state index contributed by atoms with van der Waals surface area (Å²) in [4.78, 5) is 21.4. The van der Waals surface area contributed by atoms with Gasteiger partial charge in [0.15, 0.2) is 0 Å². The van der Waals surface area contributed by atoms with E-state index >= 15 is 0 Å². The van der Waals surface area contributed by atoms with Crippen molar-refractivity contribution in [3.05, 3.63) is 57.7 Å². The molecule has 2 heterocycles. The Morgan fingerprint density at radius 2 is 1.35 bits per heavy atom. The van der Waals surface area contributed by atoms with E-state index in [1.165, 1.54) is 35.2 Å². The van der Waals surface area contributed by atoms with Gasteiger partial charge in [-0.2, -0.15) is 0 Å². The fourth-order valence-corrected chi connectivity index (χ4v) is 5.08. The molecule has 2 aromatic heterocycles. The Bertz CT molecular complexity index is 1120. The predicted molar refractivity (Wildman–Crippen MR) is 134 cm³/mol. The summed E-state index contributed by atoms with van der Waals surface area (Å²) in [5.74, 6) is 0. The molecule has 3 aliphatic carbocycles. The molecule has 34 heavy (non-hydrogen) atoms. The molecule has 0 N–H and O–H groups in total. The zero-order valence-electron chi connectivity index (χ0n) is 20.8. The number of oxime groups is 2. The zero-order valence-corrected chi connectivity index (χ0v) is 20.8. The number of hydrogen-bond donors (Lipinski definition) is 0. The number of pyridine rings is 2. The van der Waals surface area contributed by atoms with Gasteiger partial charge in [-0.05, 0) is 93.9 Å². The van der Waals surface area contributed by atoms with Crippen LogP contribution in [0.25, 0.3) is 0 Å². The van der Waals surface area contributed by atoms with E-state index in [0.29, 0.717) is 13.2 Å². The van der Waals surface area contributed by atoms with E-state index in [9.17, 15) is 0 Å². The average Bonchev–Trinajstić information content (AvgIpc) is 2.83. The van der Waals surface area contributed by atoms with Crippen LogP contribution >= 0.6 is 0 Å². The van der Waals surface area contributed by atoms with Crippen LogP contribution in [0, 0.1) is 12.3 Å². The van der Waals surface area contributed by atoms with E-state index in [4.69, 9.17) is 19.6 Å². The molecule has 0 atom stereocenters. The Kier molecular flexibility index (Phi) is 6.66. The summed E-state index contributed by atoms with van der Waals surface area (Å²) < 4.78 is 0. The van der Waals surface area contributed by atoms with Gasteiger partial charge >= 0.3 is 0 Å². The molecule has 0 saturated carbocycles. The fraction of sp³-hybridized carbons (Fsp3) is 0.571. The van der Waals surface area contributed by atoms with Crippen molar-refractivity contribution in [3.8, 4) is 0 Å². The lowest BCUT2D eigenvalue weighted by atomic mass is 9.88. The lowest BCUT2D eigenvalue weighted by Crippen LogP contribution is -2.25. The van der Waals surface area contributed by atoms with Gasteiger partial charge in [0.2, 0.25) is 0 Å². The third-order valence-electron chi connectivity index (χ3n) is 7.02. The number of rotatable bonds is 6. The van der Waals surface area contributed by atoms with Crippen molar-refractivity contribution in [3.63, 3.8) is 0 Å². The summed E-state index contributed by atoms with van der Waals surface area (Å²) in [5, 5.41) is 9.02. The minimum Gasteiger partial charge on any atom is -0.395 e. The van der Waals surface area contributed by atoms with Crippen molar-refractivity contribution in [2.75, 3.05) is 13.2 Å². The quantitative estimate of drug-likeness (QED) is 0.534. The summed E-state index contributed by atoms with van der Waals surface area (Å²) >= 11 is 0. The molecule has 0 aromatic carbocycles. The summed E-state index contributed by atoms with van der Waals surface area (Å²) in [6.45, 7) is 7.19. The second kappa shape index (κ2) is 9.85. The number of nitrogens with zero attached hydrogens (tertiary/aromatic N) is 4. The van der Waals surface area contributed by atoms with Crippen LogP contribution in [0.4, 0.5) is 0 Å². The molecule has 0 radical (unpaired) electrons. The SMILES string of the molecule is Cc1ccc2c(n1)/C(=N/OCC(C)(C)CO/N=C1\CCCc3cc4c(nc31)CCCC4)CCC2. The van der Waals surface area contributed by atoms with Gasteiger partial charge in [0, 0.05) is 16.8 Å². The molecule has 2 aromatic rings. The van der Waals surface area contributed by atoms with Crippen molar-refractivity contribution in [1.29, 1.82) is 0 Å². The summed E-state index contributed by atoms with van der Waals surface area (Å²) in [7, 11) is 0. The molecule has 6 heteroatoms. The molecule has 5 rings (SSSR count). The number of aromatic nitrogens is 2. The molecule has 0 spiro atoms.